The maximum atomic E-state index is 9.78. The van der Waals surface area contributed by atoms with E-state index in [-0.39, 0.29) is 6.54 Å². The van der Waals surface area contributed by atoms with Crippen LogP contribution in [0.3, 0.4) is 0 Å². The molecule has 1 atom stereocenters. The van der Waals surface area contributed by atoms with Crippen molar-refractivity contribution in [2.75, 3.05) is 13.7 Å². The van der Waals surface area contributed by atoms with Crippen molar-refractivity contribution < 1.29 is 14.6 Å². The summed E-state index contributed by atoms with van der Waals surface area (Å²) in [6.07, 6.45) is -0.694. The molecule has 0 aliphatic rings. The smallest absolute Gasteiger partial charge is 0.162 e. The fourth-order valence-corrected chi connectivity index (χ4v) is 1.88. The molecular formula is C16H19NO3. The maximum absolute atomic E-state index is 9.78. The highest BCUT2D eigenvalue weighted by molar-refractivity contribution is 5.43. The van der Waals surface area contributed by atoms with Gasteiger partial charge in [-0.15, -0.1) is 0 Å². The summed E-state index contributed by atoms with van der Waals surface area (Å²) >= 11 is 0. The van der Waals surface area contributed by atoms with Crippen molar-refractivity contribution in [2.24, 2.45) is 5.73 Å². The van der Waals surface area contributed by atoms with E-state index in [4.69, 9.17) is 15.2 Å². The van der Waals surface area contributed by atoms with Crippen LogP contribution in [0.25, 0.3) is 0 Å². The summed E-state index contributed by atoms with van der Waals surface area (Å²) < 4.78 is 11.0. The lowest BCUT2D eigenvalue weighted by Gasteiger charge is -2.14. The van der Waals surface area contributed by atoms with Crippen LogP contribution in [0.1, 0.15) is 17.2 Å². The first-order valence-corrected chi connectivity index (χ1v) is 6.47. The van der Waals surface area contributed by atoms with E-state index >= 15 is 0 Å². The minimum absolute atomic E-state index is 0.171. The van der Waals surface area contributed by atoms with Crippen molar-refractivity contribution in [3.63, 3.8) is 0 Å². The molecular weight excluding hydrogens is 254 g/mol. The predicted octanol–water partition coefficient (Wildman–Crippen LogP) is 2.27. The first-order chi connectivity index (χ1) is 9.74. The Bertz CT molecular complexity index is 543. The average molecular weight is 273 g/mol. The van der Waals surface area contributed by atoms with Gasteiger partial charge in [-0.05, 0) is 23.3 Å². The number of methoxy groups -OCH3 is 1. The van der Waals surface area contributed by atoms with Gasteiger partial charge in [-0.25, -0.2) is 0 Å². The molecule has 0 unspecified atom stereocenters. The summed E-state index contributed by atoms with van der Waals surface area (Å²) in [7, 11) is 1.59. The van der Waals surface area contributed by atoms with E-state index in [0.29, 0.717) is 18.1 Å². The second-order valence-corrected chi connectivity index (χ2v) is 4.44. The van der Waals surface area contributed by atoms with Gasteiger partial charge in [0, 0.05) is 6.54 Å². The zero-order valence-electron chi connectivity index (χ0n) is 11.5. The maximum Gasteiger partial charge on any atom is 0.162 e. The molecule has 0 aliphatic carbocycles. The molecule has 0 radical (unpaired) electrons. The number of aliphatic hydroxyl groups is 1. The van der Waals surface area contributed by atoms with Crippen LogP contribution < -0.4 is 15.2 Å². The Kier molecular flexibility index (Phi) is 4.98. The molecule has 0 saturated heterocycles. The Balaban J connectivity index is 2.16. The van der Waals surface area contributed by atoms with Gasteiger partial charge < -0.3 is 20.3 Å². The van der Waals surface area contributed by atoms with Gasteiger partial charge in [0.15, 0.2) is 11.5 Å². The van der Waals surface area contributed by atoms with Gasteiger partial charge in [0.25, 0.3) is 0 Å². The molecule has 4 heteroatoms. The summed E-state index contributed by atoms with van der Waals surface area (Å²) in [6.45, 7) is 0.615. The van der Waals surface area contributed by atoms with E-state index in [2.05, 4.69) is 0 Å². The van der Waals surface area contributed by atoms with Gasteiger partial charge in [0.1, 0.15) is 6.61 Å². The van der Waals surface area contributed by atoms with Crippen LogP contribution in [0.15, 0.2) is 48.5 Å². The number of hydrogen-bond donors (Lipinski definition) is 2. The summed E-state index contributed by atoms with van der Waals surface area (Å²) in [4.78, 5) is 0. The Hall–Kier alpha value is -2.04. The van der Waals surface area contributed by atoms with Crippen LogP contribution in [0.2, 0.25) is 0 Å². The van der Waals surface area contributed by atoms with Crippen molar-refractivity contribution in [3.8, 4) is 11.5 Å². The highest BCUT2D eigenvalue weighted by Gasteiger charge is 2.11. The van der Waals surface area contributed by atoms with Crippen LogP contribution in [-0.4, -0.2) is 18.8 Å². The van der Waals surface area contributed by atoms with Crippen LogP contribution in [0, 0.1) is 0 Å². The molecule has 0 spiro atoms. The van der Waals surface area contributed by atoms with Crippen molar-refractivity contribution in [2.45, 2.75) is 12.7 Å². The largest absolute Gasteiger partial charge is 0.493 e. The van der Waals surface area contributed by atoms with Crippen molar-refractivity contribution in [1.29, 1.82) is 0 Å². The fourth-order valence-electron chi connectivity index (χ4n) is 1.88. The number of rotatable bonds is 6. The minimum atomic E-state index is -0.694. The molecule has 0 bridgehead atoms. The Morgan fingerprint density at radius 2 is 1.85 bits per heavy atom. The summed E-state index contributed by atoms with van der Waals surface area (Å²) in [5, 5.41) is 9.78. The topological polar surface area (TPSA) is 64.7 Å². The first kappa shape index (κ1) is 14.4. The molecule has 0 aliphatic heterocycles. The van der Waals surface area contributed by atoms with Crippen molar-refractivity contribution in [1.82, 2.24) is 0 Å². The molecule has 0 aromatic heterocycles. The van der Waals surface area contributed by atoms with Crippen LogP contribution in [-0.2, 0) is 6.61 Å². The van der Waals surface area contributed by atoms with E-state index < -0.39 is 6.10 Å². The molecule has 0 heterocycles. The molecule has 2 aromatic rings. The third-order valence-electron chi connectivity index (χ3n) is 3.03. The summed E-state index contributed by atoms with van der Waals surface area (Å²) in [5.41, 5.74) is 7.26. The number of aliphatic hydroxyl groups excluding tert-OH is 1. The molecule has 0 saturated carbocycles. The quantitative estimate of drug-likeness (QED) is 0.847. The van der Waals surface area contributed by atoms with Crippen molar-refractivity contribution in [3.05, 3.63) is 59.7 Å². The van der Waals surface area contributed by atoms with E-state index in [1.807, 2.05) is 30.3 Å². The zero-order chi connectivity index (χ0) is 14.4. The lowest BCUT2D eigenvalue weighted by atomic mass is 10.1. The zero-order valence-corrected chi connectivity index (χ0v) is 11.5. The molecule has 3 N–H and O–H groups in total. The number of nitrogens with two attached hydrogens (primary N) is 1. The second-order valence-electron chi connectivity index (χ2n) is 4.44. The number of ether oxygens (including phenoxy) is 2. The van der Waals surface area contributed by atoms with Gasteiger partial charge in [-0.3, -0.25) is 0 Å². The van der Waals surface area contributed by atoms with E-state index in [1.165, 1.54) is 0 Å². The van der Waals surface area contributed by atoms with Crippen LogP contribution in [0.5, 0.6) is 11.5 Å². The van der Waals surface area contributed by atoms with Gasteiger partial charge >= 0.3 is 0 Å². The van der Waals surface area contributed by atoms with Gasteiger partial charge in [0.2, 0.25) is 0 Å². The Morgan fingerprint density at radius 1 is 1.10 bits per heavy atom. The van der Waals surface area contributed by atoms with Gasteiger partial charge in [0.05, 0.1) is 13.2 Å². The highest BCUT2D eigenvalue weighted by Crippen LogP contribution is 2.30. The molecule has 4 nitrogen and oxygen atoms in total. The first-order valence-electron chi connectivity index (χ1n) is 6.47. The monoisotopic (exact) mass is 273 g/mol. The highest BCUT2D eigenvalue weighted by atomic mass is 16.5. The standard InChI is InChI=1S/C16H19NO3/c1-19-15-8-7-13(14(18)10-17)9-16(15)20-11-12-5-3-2-4-6-12/h2-9,14,18H,10-11,17H2,1H3/t14-/m1/s1. The summed E-state index contributed by atoms with van der Waals surface area (Å²) in [5.74, 6) is 1.23. The number of benzene rings is 2. The average Bonchev–Trinajstić information content (AvgIpc) is 2.52. The Morgan fingerprint density at radius 3 is 2.50 bits per heavy atom. The predicted molar refractivity (Wildman–Crippen MR) is 77.8 cm³/mol. The molecule has 0 amide bonds. The number of hydrogen-bond acceptors (Lipinski definition) is 4. The third-order valence-corrected chi connectivity index (χ3v) is 3.03. The van der Waals surface area contributed by atoms with Gasteiger partial charge in [-0.2, -0.15) is 0 Å². The summed E-state index contributed by atoms with van der Waals surface area (Å²) in [6, 6.07) is 15.2. The Labute approximate surface area is 118 Å². The molecule has 0 fully saturated rings. The minimum Gasteiger partial charge on any atom is -0.493 e. The van der Waals surface area contributed by atoms with E-state index in [1.54, 1.807) is 25.3 Å². The molecule has 2 aromatic carbocycles. The molecule has 20 heavy (non-hydrogen) atoms. The lowest BCUT2D eigenvalue weighted by Crippen LogP contribution is -2.11. The molecule has 2 rings (SSSR count). The van der Waals surface area contributed by atoms with Gasteiger partial charge in [-0.1, -0.05) is 36.4 Å². The van der Waals surface area contributed by atoms with E-state index in [9.17, 15) is 5.11 Å². The van der Waals surface area contributed by atoms with E-state index in [0.717, 1.165) is 11.1 Å². The fraction of sp³-hybridized carbons (Fsp3) is 0.250. The lowest BCUT2D eigenvalue weighted by molar-refractivity contribution is 0.185. The normalized spacial score (nSPS) is 11.9. The third kappa shape index (κ3) is 3.50. The van der Waals surface area contributed by atoms with Crippen LogP contribution >= 0.6 is 0 Å². The second kappa shape index (κ2) is 6.93. The molecule has 106 valence electrons. The van der Waals surface area contributed by atoms with Crippen LogP contribution in [0.4, 0.5) is 0 Å². The SMILES string of the molecule is COc1ccc([C@H](O)CN)cc1OCc1ccccc1. The van der Waals surface area contributed by atoms with Crippen molar-refractivity contribution >= 4 is 0 Å².